The Balaban J connectivity index is 1.56. The van der Waals surface area contributed by atoms with E-state index >= 15 is 0 Å². The van der Waals surface area contributed by atoms with Crippen LogP contribution >= 0.6 is 0 Å². The van der Waals surface area contributed by atoms with Crippen LogP contribution < -0.4 is 23.7 Å². The van der Waals surface area contributed by atoms with Crippen molar-refractivity contribution in [2.45, 2.75) is 39.9 Å². The zero-order valence-corrected chi connectivity index (χ0v) is 23.9. The smallest absolute Gasteiger partial charge is 0.339 e. The molecule has 214 valence electrons. The predicted octanol–water partition coefficient (Wildman–Crippen LogP) is 5.53. The topological polar surface area (TPSA) is 98.8 Å². The molecule has 0 saturated carbocycles. The van der Waals surface area contributed by atoms with Crippen molar-refractivity contribution >= 4 is 11.9 Å². The van der Waals surface area contributed by atoms with Gasteiger partial charge in [0.2, 0.25) is 5.75 Å². The maximum Gasteiger partial charge on any atom is 0.339 e. The Morgan fingerprint density at radius 1 is 0.700 bits per heavy atom. The van der Waals surface area contributed by atoms with Crippen molar-refractivity contribution in [3.8, 4) is 28.7 Å². The molecule has 9 nitrogen and oxygen atoms in total. The molecule has 4 unspecified atom stereocenters. The lowest BCUT2D eigenvalue weighted by atomic mass is 9.84. The van der Waals surface area contributed by atoms with Gasteiger partial charge >= 0.3 is 11.9 Å². The minimum atomic E-state index is -0.482. The molecule has 9 heteroatoms. The van der Waals surface area contributed by atoms with Gasteiger partial charge in [-0.3, -0.25) is 0 Å². The second kappa shape index (κ2) is 12.6. The lowest BCUT2D eigenvalue weighted by molar-refractivity contribution is -0.131. The van der Waals surface area contributed by atoms with E-state index in [1.165, 1.54) is 21.3 Å². The van der Waals surface area contributed by atoms with E-state index in [0.29, 0.717) is 47.4 Å². The van der Waals surface area contributed by atoms with Crippen LogP contribution in [0.25, 0.3) is 0 Å². The number of ether oxygens (including phenoxy) is 7. The highest BCUT2D eigenvalue weighted by Gasteiger charge is 2.48. The molecule has 2 heterocycles. The number of fused-ring (bicyclic) bond motifs is 1. The number of benzene rings is 2. The van der Waals surface area contributed by atoms with Crippen LogP contribution in [0.3, 0.4) is 0 Å². The quantitative estimate of drug-likeness (QED) is 0.226. The van der Waals surface area contributed by atoms with E-state index < -0.39 is 11.9 Å². The van der Waals surface area contributed by atoms with Gasteiger partial charge in [-0.2, -0.15) is 0 Å². The van der Waals surface area contributed by atoms with E-state index in [9.17, 15) is 9.59 Å². The summed E-state index contributed by atoms with van der Waals surface area (Å²) in [7, 11) is 4.56. The number of esters is 2. The summed E-state index contributed by atoms with van der Waals surface area (Å²) in [6.45, 7) is 7.90. The molecule has 2 aliphatic rings. The number of carbonyl (C=O) groups excluding carboxylic acids is 2. The van der Waals surface area contributed by atoms with Crippen LogP contribution in [0.4, 0.5) is 0 Å². The van der Waals surface area contributed by atoms with E-state index in [0.717, 1.165) is 11.1 Å². The van der Waals surface area contributed by atoms with Crippen molar-refractivity contribution < 1.29 is 42.7 Å². The monoisotopic (exact) mass is 552 g/mol. The Morgan fingerprint density at radius 2 is 1.18 bits per heavy atom. The van der Waals surface area contributed by atoms with Crippen molar-refractivity contribution in [1.82, 2.24) is 0 Å². The van der Waals surface area contributed by atoms with Crippen LogP contribution in [0, 0.1) is 11.8 Å². The molecule has 2 aromatic carbocycles. The molecule has 0 aromatic heterocycles. The highest BCUT2D eigenvalue weighted by Crippen LogP contribution is 2.52. The average molecular weight is 553 g/mol. The van der Waals surface area contributed by atoms with Crippen LogP contribution in [0.15, 0.2) is 53.6 Å². The maximum absolute atomic E-state index is 12.4. The number of carbonyl (C=O) groups is 2. The third-order valence-corrected chi connectivity index (χ3v) is 7.50. The van der Waals surface area contributed by atoms with Gasteiger partial charge in [0, 0.05) is 23.0 Å². The summed E-state index contributed by atoms with van der Waals surface area (Å²) in [4.78, 5) is 24.7. The maximum atomic E-state index is 12.4. The summed E-state index contributed by atoms with van der Waals surface area (Å²) < 4.78 is 40.3. The van der Waals surface area contributed by atoms with Crippen molar-refractivity contribution in [2.75, 3.05) is 34.5 Å². The summed E-state index contributed by atoms with van der Waals surface area (Å²) in [5.74, 6) is 0.994. The SMILES string of the molecule is CC=C(C)C(=O)Oc1ccc(C2OCC3C(c4cc(OC)c(OC(=O)C(C)=CC)c(OC)c4)OCC23)cc1OC. The Bertz CT molecular complexity index is 1300. The Morgan fingerprint density at radius 3 is 1.68 bits per heavy atom. The van der Waals surface area contributed by atoms with Gasteiger partial charge in [-0.15, -0.1) is 0 Å². The number of allylic oxidation sites excluding steroid dienone is 2. The first kappa shape index (κ1) is 29.2. The van der Waals surface area contributed by atoms with E-state index in [1.54, 1.807) is 45.9 Å². The fraction of sp³-hybridized carbons (Fsp3) is 0.419. The standard InChI is InChI=1S/C31H36O9/c1-8-17(3)30(32)39-23-11-10-19(12-24(23)34-5)27-21-15-38-28(22(21)16-37-27)20-13-25(35-6)29(26(14-20)36-7)40-31(33)18(4)9-2/h8-14,21-22,27-28H,15-16H2,1-7H3. The minimum Gasteiger partial charge on any atom is -0.493 e. The van der Waals surface area contributed by atoms with Gasteiger partial charge in [0.25, 0.3) is 0 Å². The first-order valence-electron chi connectivity index (χ1n) is 13.1. The molecule has 0 N–H and O–H groups in total. The average Bonchev–Trinajstić information content (AvgIpc) is 3.59. The van der Waals surface area contributed by atoms with E-state index in [4.69, 9.17) is 33.2 Å². The second-order valence-electron chi connectivity index (χ2n) is 9.72. The third-order valence-electron chi connectivity index (χ3n) is 7.50. The molecule has 2 aliphatic heterocycles. The van der Waals surface area contributed by atoms with Crippen molar-refractivity contribution in [3.63, 3.8) is 0 Å². The largest absolute Gasteiger partial charge is 0.493 e. The summed E-state index contributed by atoms with van der Waals surface area (Å²) in [6.07, 6.45) is 2.88. The first-order valence-corrected chi connectivity index (χ1v) is 13.1. The van der Waals surface area contributed by atoms with Crippen molar-refractivity contribution in [3.05, 3.63) is 64.8 Å². The lowest BCUT2D eigenvalue weighted by Crippen LogP contribution is -2.15. The molecule has 4 atom stereocenters. The Kier molecular flexibility index (Phi) is 9.17. The molecule has 0 bridgehead atoms. The zero-order chi connectivity index (χ0) is 29.0. The number of methoxy groups -OCH3 is 3. The van der Waals surface area contributed by atoms with E-state index in [2.05, 4.69) is 0 Å². The van der Waals surface area contributed by atoms with Crippen LogP contribution in [0.5, 0.6) is 28.7 Å². The third kappa shape index (κ3) is 5.71. The predicted molar refractivity (Wildman–Crippen MR) is 147 cm³/mol. The van der Waals surface area contributed by atoms with Gasteiger partial charge in [-0.05, 0) is 63.1 Å². The second-order valence-corrected chi connectivity index (χ2v) is 9.72. The first-order chi connectivity index (χ1) is 19.3. The van der Waals surface area contributed by atoms with Crippen LogP contribution in [-0.2, 0) is 19.1 Å². The summed E-state index contributed by atoms with van der Waals surface area (Å²) in [6, 6.07) is 9.09. The molecule has 2 fully saturated rings. The normalized spacial score (nSPS) is 22.5. The number of hydrogen-bond acceptors (Lipinski definition) is 9. The highest BCUT2D eigenvalue weighted by atomic mass is 16.6. The van der Waals surface area contributed by atoms with Crippen LogP contribution in [0.2, 0.25) is 0 Å². The number of hydrogen-bond donors (Lipinski definition) is 0. The van der Waals surface area contributed by atoms with Gasteiger partial charge in [0.15, 0.2) is 23.0 Å². The number of rotatable bonds is 9. The van der Waals surface area contributed by atoms with Gasteiger partial charge < -0.3 is 33.2 Å². The lowest BCUT2D eigenvalue weighted by Gasteiger charge is -2.20. The van der Waals surface area contributed by atoms with Gasteiger partial charge in [0.1, 0.15) is 0 Å². The van der Waals surface area contributed by atoms with Gasteiger partial charge in [0.05, 0.1) is 46.8 Å². The molecular formula is C31H36O9. The van der Waals surface area contributed by atoms with Gasteiger partial charge in [-0.25, -0.2) is 9.59 Å². The zero-order valence-electron chi connectivity index (χ0n) is 23.9. The van der Waals surface area contributed by atoms with Crippen molar-refractivity contribution in [2.24, 2.45) is 11.8 Å². The molecule has 0 aliphatic carbocycles. The summed E-state index contributed by atoms with van der Waals surface area (Å²) >= 11 is 0. The molecular weight excluding hydrogens is 516 g/mol. The minimum absolute atomic E-state index is 0.0684. The summed E-state index contributed by atoms with van der Waals surface area (Å²) in [5, 5.41) is 0. The molecule has 0 amide bonds. The van der Waals surface area contributed by atoms with Crippen LogP contribution in [-0.4, -0.2) is 46.5 Å². The van der Waals surface area contributed by atoms with Crippen LogP contribution in [0.1, 0.15) is 51.0 Å². The molecule has 0 spiro atoms. The highest BCUT2D eigenvalue weighted by molar-refractivity contribution is 5.90. The molecule has 2 saturated heterocycles. The van der Waals surface area contributed by atoms with Crippen molar-refractivity contribution in [1.29, 1.82) is 0 Å². The molecule has 0 radical (unpaired) electrons. The molecule has 4 rings (SSSR count). The molecule has 40 heavy (non-hydrogen) atoms. The summed E-state index contributed by atoms with van der Waals surface area (Å²) in [5.41, 5.74) is 2.73. The fourth-order valence-corrected chi connectivity index (χ4v) is 4.93. The Hall–Kier alpha value is -3.82. The van der Waals surface area contributed by atoms with E-state index in [-0.39, 0.29) is 29.8 Å². The Labute approximate surface area is 234 Å². The van der Waals surface area contributed by atoms with E-state index in [1.807, 2.05) is 24.3 Å². The molecule has 2 aromatic rings. The van der Waals surface area contributed by atoms with Gasteiger partial charge in [-0.1, -0.05) is 18.2 Å². The fourth-order valence-electron chi connectivity index (χ4n) is 4.93.